The molecule has 1 saturated carbocycles. The third-order valence-electron chi connectivity index (χ3n) is 8.02. The predicted octanol–water partition coefficient (Wildman–Crippen LogP) is 6.68. The summed E-state index contributed by atoms with van der Waals surface area (Å²) in [6.07, 6.45) is 1.36. The highest BCUT2D eigenvalue weighted by atomic mass is 19.1. The van der Waals surface area contributed by atoms with E-state index in [1.165, 1.54) is 29.5 Å². The van der Waals surface area contributed by atoms with Crippen molar-refractivity contribution < 1.29 is 9.18 Å². The minimum absolute atomic E-state index is 0.0681. The van der Waals surface area contributed by atoms with Crippen molar-refractivity contribution in [2.75, 3.05) is 18.4 Å². The molecule has 4 aromatic rings. The molecule has 2 aliphatic rings. The third kappa shape index (κ3) is 3.91. The van der Waals surface area contributed by atoms with Gasteiger partial charge in [0.15, 0.2) is 0 Å². The van der Waals surface area contributed by atoms with Crippen LogP contribution in [0.2, 0.25) is 0 Å². The molecular formula is C32H28FN3O. The minimum Gasteiger partial charge on any atom is -0.355 e. The van der Waals surface area contributed by atoms with E-state index in [0.717, 1.165) is 22.5 Å². The molecule has 0 aromatic heterocycles. The molecule has 0 radical (unpaired) electrons. The molecule has 4 nitrogen and oxygen atoms in total. The van der Waals surface area contributed by atoms with Gasteiger partial charge < -0.3 is 15.6 Å². The maximum absolute atomic E-state index is 13.4. The molecule has 2 fully saturated rings. The van der Waals surface area contributed by atoms with Gasteiger partial charge in [0.25, 0.3) is 5.91 Å². The van der Waals surface area contributed by atoms with Crippen LogP contribution in [0.3, 0.4) is 0 Å². The molecule has 1 saturated heterocycles. The lowest BCUT2D eigenvalue weighted by atomic mass is 9.85. The first-order valence-electron chi connectivity index (χ1n) is 12.6. The van der Waals surface area contributed by atoms with Crippen LogP contribution in [-0.4, -0.2) is 30.1 Å². The Hall–Kier alpha value is -4.25. The van der Waals surface area contributed by atoms with Crippen LogP contribution < -0.4 is 5.32 Å². The number of carbonyl (C=O) groups is 1. The molecule has 0 spiro atoms. The van der Waals surface area contributed by atoms with E-state index >= 15 is 0 Å². The summed E-state index contributed by atoms with van der Waals surface area (Å²) >= 11 is 0. The van der Waals surface area contributed by atoms with Crippen LogP contribution in [0.1, 0.15) is 38.5 Å². The molecule has 0 unspecified atom stereocenters. The van der Waals surface area contributed by atoms with Gasteiger partial charge in [0.2, 0.25) is 0 Å². The molecule has 3 atom stereocenters. The highest BCUT2D eigenvalue weighted by Crippen LogP contribution is 2.69. The van der Waals surface area contributed by atoms with E-state index in [4.69, 9.17) is 5.41 Å². The summed E-state index contributed by atoms with van der Waals surface area (Å²) in [5.41, 5.74) is 6.47. The fourth-order valence-corrected chi connectivity index (χ4v) is 6.32. The number of benzene rings is 4. The topological polar surface area (TPSA) is 56.2 Å². The number of aryl methyl sites for hydroxylation is 1. The van der Waals surface area contributed by atoms with Crippen molar-refractivity contribution in [3.05, 3.63) is 131 Å². The normalized spacial score (nSPS) is 21.8. The Kier molecular flexibility index (Phi) is 5.64. The van der Waals surface area contributed by atoms with Crippen LogP contribution >= 0.6 is 0 Å². The van der Waals surface area contributed by atoms with Gasteiger partial charge in [0.1, 0.15) is 5.82 Å². The molecule has 2 N–H and O–H groups in total. The average Bonchev–Trinajstić information content (AvgIpc) is 3.39. The number of piperidine rings is 1. The van der Waals surface area contributed by atoms with E-state index in [1.807, 2.05) is 41.3 Å². The van der Waals surface area contributed by atoms with Crippen molar-refractivity contribution in [2.24, 2.45) is 5.92 Å². The van der Waals surface area contributed by atoms with Gasteiger partial charge in [0, 0.05) is 53.1 Å². The van der Waals surface area contributed by atoms with Crippen molar-refractivity contribution in [1.29, 1.82) is 5.41 Å². The first-order chi connectivity index (χ1) is 18.0. The van der Waals surface area contributed by atoms with Crippen LogP contribution in [0.25, 0.3) is 0 Å². The summed E-state index contributed by atoms with van der Waals surface area (Å²) in [6.45, 7) is 3.46. The highest BCUT2D eigenvalue weighted by Gasteiger charge is 2.70. The number of carbonyl (C=O) groups excluding carboxylic acids is 1. The lowest BCUT2D eigenvalue weighted by Gasteiger charge is -2.26. The standard InChI is InChI=1S/C32H28FN3O/c1-21-16-29(35-26-14-12-25(33)13-15-26)24(18-34)17-27(21)32-20-36(31(37)23-10-6-3-7-11-23)19-28(32)30(32)22-8-4-2-5-9-22/h2-18,28,30,34-35H,19-20H2,1H3/t28-,30-,32+/m1/s1. The second kappa shape index (κ2) is 9.00. The van der Waals surface area contributed by atoms with Crippen LogP contribution in [-0.2, 0) is 5.41 Å². The highest BCUT2D eigenvalue weighted by molar-refractivity contribution is 5.95. The number of amides is 1. The number of likely N-dealkylation sites (tertiary alicyclic amines) is 1. The van der Waals surface area contributed by atoms with Gasteiger partial charge in [0.05, 0.1) is 0 Å². The summed E-state index contributed by atoms with van der Waals surface area (Å²) in [7, 11) is 0. The summed E-state index contributed by atoms with van der Waals surface area (Å²) in [5.74, 6) is 0.419. The van der Waals surface area contributed by atoms with Gasteiger partial charge in [-0.25, -0.2) is 4.39 Å². The summed E-state index contributed by atoms with van der Waals surface area (Å²) in [4.78, 5) is 15.4. The van der Waals surface area contributed by atoms with Crippen molar-refractivity contribution >= 4 is 23.5 Å². The van der Waals surface area contributed by atoms with Crippen LogP contribution in [0.15, 0.2) is 97.1 Å². The molecule has 5 heteroatoms. The van der Waals surface area contributed by atoms with Gasteiger partial charge in [-0.05, 0) is 78.1 Å². The smallest absolute Gasteiger partial charge is 0.253 e. The van der Waals surface area contributed by atoms with Gasteiger partial charge in [-0.2, -0.15) is 0 Å². The average molecular weight is 490 g/mol. The molecule has 1 aliphatic carbocycles. The van der Waals surface area contributed by atoms with Gasteiger partial charge in [-0.15, -0.1) is 0 Å². The minimum atomic E-state index is -0.286. The monoisotopic (exact) mass is 489 g/mol. The number of hydrogen-bond donors (Lipinski definition) is 2. The molecule has 1 amide bonds. The number of nitrogens with zero attached hydrogens (tertiary/aromatic N) is 1. The second-order valence-electron chi connectivity index (χ2n) is 10.1. The number of halogens is 1. The van der Waals surface area contributed by atoms with Crippen molar-refractivity contribution in [3.63, 3.8) is 0 Å². The third-order valence-corrected chi connectivity index (χ3v) is 8.02. The predicted molar refractivity (Wildman–Crippen MR) is 145 cm³/mol. The van der Waals surface area contributed by atoms with Gasteiger partial charge in [-0.3, -0.25) is 4.79 Å². The number of rotatable bonds is 6. The Labute approximate surface area is 216 Å². The van der Waals surface area contributed by atoms with E-state index in [9.17, 15) is 9.18 Å². The Morgan fingerprint density at radius 3 is 2.35 bits per heavy atom. The Morgan fingerprint density at radius 2 is 1.68 bits per heavy atom. The SMILES string of the molecule is Cc1cc(Nc2ccc(F)cc2)c(C=N)cc1[C@@]12CN(C(=O)c3ccccc3)C[C@@H]1[C@H]2c1ccccc1. The maximum atomic E-state index is 13.4. The van der Waals surface area contributed by atoms with E-state index < -0.39 is 0 Å². The number of nitrogens with one attached hydrogen (secondary N) is 2. The van der Waals surface area contributed by atoms with Crippen molar-refractivity contribution in [3.8, 4) is 0 Å². The van der Waals surface area contributed by atoms with Gasteiger partial charge >= 0.3 is 0 Å². The van der Waals surface area contributed by atoms with Crippen molar-refractivity contribution in [2.45, 2.75) is 18.3 Å². The fourth-order valence-electron chi connectivity index (χ4n) is 6.32. The lowest BCUT2D eigenvalue weighted by Crippen LogP contribution is -2.34. The summed E-state index contributed by atoms with van der Waals surface area (Å²) in [6, 6.07) is 30.5. The molecule has 1 aliphatic heterocycles. The first kappa shape index (κ1) is 23.2. The molecule has 184 valence electrons. The van der Waals surface area contributed by atoms with E-state index in [1.54, 1.807) is 12.1 Å². The summed E-state index contributed by atoms with van der Waals surface area (Å²) in [5, 5.41) is 11.5. The number of fused-ring (bicyclic) bond motifs is 1. The fraction of sp³-hybridized carbons (Fsp3) is 0.188. The maximum Gasteiger partial charge on any atom is 0.253 e. The molecule has 0 bridgehead atoms. The van der Waals surface area contributed by atoms with E-state index in [-0.39, 0.29) is 17.1 Å². The van der Waals surface area contributed by atoms with Gasteiger partial charge in [-0.1, -0.05) is 48.5 Å². The number of hydrogen-bond acceptors (Lipinski definition) is 3. The van der Waals surface area contributed by atoms with Crippen molar-refractivity contribution in [1.82, 2.24) is 4.90 Å². The summed E-state index contributed by atoms with van der Waals surface area (Å²) < 4.78 is 13.4. The Morgan fingerprint density at radius 1 is 1.00 bits per heavy atom. The van der Waals surface area contributed by atoms with Crippen LogP contribution in [0.5, 0.6) is 0 Å². The molecule has 6 rings (SSSR count). The molecule has 4 aromatic carbocycles. The van der Waals surface area contributed by atoms with E-state index in [0.29, 0.717) is 30.5 Å². The first-order valence-corrected chi connectivity index (χ1v) is 12.6. The number of anilines is 2. The van der Waals surface area contributed by atoms with Crippen LogP contribution in [0, 0.1) is 24.1 Å². The van der Waals surface area contributed by atoms with Crippen LogP contribution in [0.4, 0.5) is 15.8 Å². The zero-order chi connectivity index (χ0) is 25.6. The zero-order valence-electron chi connectivity index (χ0n) is 20.6. The Balaban J connectivity index is 1.38. The molecular weight excluding hydrogens is 461 g/mol. The lowest BCUT2D eigenvalue weighted by molar-refractivity contribution is 0.0769. The Bertz CT molecular complexity index is 1470. The molecule has 37 heavy (non-hydrogen) atoms. The largest absolute Gasteiger partial charge is 0.355 e. The second-order valence-corrected chi connectivity index (χ2v) is 10.1. The van der Waals surface area contributed by atoms with E-state index in [2.05, 4.69) is 48.6 Å². The zero-order valence-corrected chi connectivity index (χ0v) is 20.6. The molecule has 1 heterocycles. The quantitative estimate of drug-likeness (QED) is 0.297.